The van der Waals surface area contributed by atoms with E-state index in [4.69, 9.17) is 20.4 Å². The van der Waals surface area contributed by atoms with E-state index in [1.54, 1.807) is 12.1 Å². The molecule has 12 heteroatoms. The number of nitrogen functional groups attached to an aromatic ring is 1. The van der Waals surface area contributed by atoms with Crippen LogP contribution in [0.4, 0.5) is 5.95 Å². The number of carbonyl (C=O) groups is 3. The van der Waals surface area contributed by atoms with Crippen LogP contribution in [0.5, 0.6) is 0 Å². The number of carboxylic acid groups (broad SMARTS) is 2. The number of furan rings is 1. The molecule has 0 saturated heterocycles. The minimum absolute atomic E-state index is 0.0416. The number of nitrogens with two attached hydrogens (primary N) is 1. The van der Waals surface area contributed by atoms with Crippen molar-refractivity contribution in [1.82, 2.24) is 20.3 Å². The van der Waals surface area contributed by atoms with E-state index in [9.17, 15) is 19.2 Å². The van der Waals surface area contributed by atoms with Gasteiger partial charge in [0.15, 0.2) is 5.76 Å². The normalized spacial score (nSPS) is 12.0. The summed E-state index contributed by atoms with van der Waals surface area (Å²) in [5.41, 5.74) is 6.52. The molecule has 170 valence electrons. The largest absolute Gasteiger partial charge is 0.481 e. The summed E-state index contributed by atoms with van der Waals surface area (Å²) in [5, 5.41) is 20.5. The number of anilines is 1. The standard InChI is InChI=1S/C20H23N5O7/c21-20-24-16-12(17(28)25-20)9-10(22-16)3-1-2-4-11-5-7-14(32-11)18(29)23-13(19(30)31)6-8-15(26)27/h5,7,9,13H,1-4,6,8H2,(H,23,29)(H,26,27)(H,30,31)(H4,21,22,24,25,28)/t13-/m0/s1. The molecule has 3 aromatic rings. The van der Waals surface area contributed by atoms with Gasteiger partial charge in [-0.05, 0) is 43.9 Å². The lowest BCUT2D eigenvalue weighted by atomic mass is 10.1. The zero-order valence-corrected chi connectivity index (χ0v) is 17.0. The van der Waals surface area contributed by atoms with Crippen molar-refractivity contribution < 1.29 is 29.0 Å². The van der Waals surface area contributed by atoms with Crippen LogP contribution in [0, 0.1) is 0 Å². The topological polar surface area (TPSA) is 204 Å². The van der Waals surface area contributed by atoms with Gasteiger partial charge in [-0.3, -0.25) is 19.4 Å². The first-order valence-electron chi connectivity index (χ1n) is 9.94. The lowest BCUT2D eigenvalue weighted by Gasteiger charge is -2.12. The zero-order chi connectivity index (χ0) is 23.3. The average molecular weight is 445 g/mol. The number of nitrogens with zero attached hydrogens (tertiary/aromatic N) is 1. The maximum absolute atomic E-state index is 12.2. The Labute approximate surface area is 180 Å². The summed E-state index contributed by atoms with van der Waals surface area (Å²) < 4.78 is 5.48. The number of aliphatic carboxylic acids is 2. The molecule has 3 aromatic heterocycles. The number of aromatic amines is 2. The number of unbranched alkanes of at least 4 members (excludes halogenated alkanes) is 1. The molecule has 0 radical (unpaired) electrons. The van der Waals surface area contributed by atoms with Gasteiger partial charge in [-0.2, -0.15) is 4.98 Å². The minimum atomic E-state index is -1.32. The molecular weight excluding hydrogens is 422 g/mol. The highest BCUT2D eigenvalue weighted by Gasteiger charge is 2.23. The summed E-state index contributed by atoms with van der Waals surface area (Å²) in [6.07, 6.45) is 2.14. The first-order valence-corrected chi connectivity index (χ1v) is 9.94. The zero-order valence-electron chi connectivity index (χ0n) is 17.0. The van der Waals surface area contributed by atoms with Crippen molar-refractivity contribution in [3.8, 4) is 0 Å². The molecule has 0 spiro atoms. The van der Waals surface area contributed by atoms with E-state index in [1.165, 1.54) is 6.07 Å². The van der Waals surface area contributed by atoms with Gasteiger partial charge in [0.25, 0.3) is 11.5 Å². The van der Waals surface area contributed by atoms with Crippen LogP contribution >= 0.6 is 0 Å². The van der Waals surface area contributed by atoms with Gasteiger partial charge in [-0.25, -0.2) is 4.79 Å². The van der Waals surface area contributed by atoms with Crippen molar-refractivity contribution in [3.63, 3.8) is 0 Å². The Morgan fingerprint density at radius 2 is 1.91 bits per heavy atom. The third-order valence-corrected chi connectivity index (χ3v) is 4.83. The number of carbonyl (C=O) groups excluding carboxylic acids is 1. The van der Waals surface area contributed by atoms with Gasteiger partial charge in [0.1, 0.15) is 17.4 Å². The summed E-state index contributed by atoms with van der Waals surface area (Å²) in [6, 6.07) is 3.50. The molecule has 1 atom stereocenters. The van der Waals surface area contributed by atoms with Crippen molar-refractivity contribution in [2.75, 3.05) is 5.73 Å². The molecule has 3 heterocycles. The van der Waals surface area contributed by atoms with Gasteiger partial charge in [0.05, 0.1) is 5.39 Å². The van der Waals surface area contributed by atoms with Crippen LogP contribution in [-0.4, -0.2) is 49.1 Å². The number of rotatable bonds is 11. The second-order valence-corrected chi connectivity index (χ2v) is 7.28. The molecule has 0 bridgehead atoms. The summed E-state index contributed by atoms with van der Waals surface area (Å²) in [6.45, 7) is 0. The van der Waals surface area contributed by atoms with E-state index < -0.39 is 23.9 Å². The molecule has 7 N–H and O–H groups in total. The van der Waals surface area contributed by atoms with Crippen molar-refractivity contribution in [2.24, 2.45) is 0 Å². The van der Waals surface area contributed by atoms with Crippen molar-refractivity contribution in [2.45, 2.75) is 44.6 Å². The molecule has 0 aromatic carbocycles. The molecule has 0 saturated carbocycles. The first kappa shape index (κ1) is 22.6. The predicted molar refractivity (Wildman–Crippen MR) is 112 cm³/mol. The number of aryl methyl sites for hydroxylation is 2. The highest BCUT2D eigenvalue weighted by molar-refractivity contribution is 5.94. The second kappa shape index (κ2) is 9.81. The lowest BCUT2D eigenvalue weighted by Crippen LogP contribution is -2.41. The summed E-state index contributed by atoms with van der Waals surface area (Å²) in [4.78, 5) is 55.4. The SMILES string of the molecule is Nc1nc2[nH]c(CCCCc3ccc(C(=O)N[C@@H](CCC(=O)O)C(=O)O)o3)cc2c(=O)[nH]1. The Balaban J connectivity index is 1.49. The monoisotopic (exact) mass is 445 g/mol. The maximum Gasteiger partial charge on any atom is 0.326 e. The molecule has 0 aliphatic rings. The molecule has 12 nitrogen and oxygen atoms in total. The Hall–Kier alpha value is -4.09. The van der Waals surface area contributed by atoms with Crippen LogP contribution in [0.1, 0.15) is 47.7 Å². The summed E-state index contributed by atoms with van der Waals surface area (Å²) >= 11 is 0. The maximum atomic E-state index is 12.2. The van der Waals surface area contributed by atoms with Crippen LogP contribution in [0.15, 0.2) is 27.4 Å². The molecule has 0 aliphatic carbocycles. The average Bonchev–Trinajstić information content (AvgIpc) is 3.35. The fourth-order valence-electron chi connectivity index (χ4n) is 3.23. The summed E-state index contributed by atoms with van der Waals surface area (Å²) in [5.74, 6) is -2.61. The van der Waals surface area contributed by atoms with Crippen LogP contribution in [0.25, 0.3) is 11.0 Å². The van der Waals surface area contributed by atoms with E-state index in [2.05, 4.69) is 20.3 Å². The fourth-order valence-corrected chi connectivity index (χ4v) is 3.23. The number of amides is 1. The van der Waals surface area contributed by atoms with E-state index in [-0.39, 0.29) is 30.1 Å². The first-order chi connectivity index (χ1) is 15.2. The quantitative estimate of drug-likeness (QED) is 0.233. The Kier molecular flexibility index (Phi) is 6.93. The molecule has 0 aliphatic heterocycles. The number of hydrogen-bond donors (Lipinski definition) is 6. The van der Waals surface area contributed by atoms with Gasteiger partial charge >= 0.3 is 11.9 Å². The van der Waals surface area contributed by atoms with E-state index in [0.29, 0.717) is 29.6 Å². The van der Waals surface area contributed by atoms with Gasteiger partial charge in [-0.1, -0.05) is 0 Å². The fraction of sp³-hybridized carbons (Fsp3) is 0.350. The van der Waals surface area contributed by atoms with Crippen LogP contribution in [0.2, 0.25) is 0 Å². The van der Waals surface area contributed by atoms with Crippen molar-refractivity contribution >= 4 is 34.8 Å². The van der Waals surface area contributed by atoms with E-state index in [1.807, 2.05) is 0 Å². The van der Waals surface area contributed by atoms with Crippen LogP contribution < -0.4 is 16.6 Å². The number of nitrogens with one attached hydrogen (secondary N) is 3. The number of aromatic nitrogens is 3. The number of hydrogen-bond acceptors (Lipinski definition) is 7. The third-order valence-electron chi connectivity index (χ3n) is 4.83. The van der Waals surface area contributed by atoms with Gasteiger partial charge in [0, 0.05) is 18.5 Å². The summed E-state index contributed by atoms with van der Waals surface area (Å²) in [7, 11) is 0. The Bertz CT molecular complexity index is 1190. The molecule has 1 amide bonds. The molecular formula is C20H23N5O7. The molecule has 0 unspecified atom stereocenters. The second-order valence-electron chi connectivity index (χ2n) is 7.28. The van der Waals surface area contributed by atoms with Gasteiger partial charge in [0.2, 0.25) is 5.95 Å². The third kappa shape index (κ3) is 5.74. The smallest absolute Gasteiger partial charge is 0.326 e. The number of fused-ring (bicyclic) bond motifs is 1. The Morgan fingerprint density at radius 3 is 2.62 bits per heavy atom. The number of carboxylic acids is 2. The lowest BCUT2D eigenvalue weighted by molar-refractivity contribution is -0.140. The van der Waals surface area contributed by atoms with Crippen LogP contribution in [-0.2, 0) is 22.4 Å². The minimum Gasteiger partial charge on any atom is -0.481 e. The molecule has 32 heavy (non-hydrogen) atoms. The van der Waals surface area contributed by atoms with Gasteiger partial charge < -0.3 is 30.7 Å². The molecule has 3 rings (SSSR count). The van der Waals surface area contributed by atoms with E-state index >= 15 is 0 Å². The van der Waals surface area contributed by atoms with Crippen molar-refractivity contribution in [1.29, 1.82) is 0 Å². The van der Waals surface area contributed by atoms with Crippen LogP contribution in [0.3, 0.4) is 0 Å². The highest BCUT2D eigenvalue weighted by Crippen LogP contribution is 2.15. The Morgan fingerprint density at radius 1 is 1.16 bits per heavy atom. The predicted octanol–water partition coefficient (Wildman–Crippen LogP) is 1.04. The van der Waals surface area contributed by atoms with Crippen molar-refractivity contribution in [3.05, 3.63) is 45.8 Å². The number of H-pyrrole nitrogens is 2. The highest BCUT2D eigenvalue weighted by atomic mass is 16.4. The van der Waals surface area contributed by atoms with E-state index in [0.717, 1.165) is 18.5 Å². The molecule has 0 fully saturated rings. The van der Waals surface area contributed by atoms with Gasteiger partial charge in [-0.15, -0.1) is 0 Å².